The summed E-state index contributed by atoms with van der Waals surface area (Å²) >= 11 is 0. The zero-order valence-electron chi connectivity index (χ0n) is 2.01. The van der Waals surface area contributed by atoms with Crippen LogP contribution in [0, 0.1) is 0 Å². The van der Waals surface area contributed by atoms with E-state index in [1.165, 1.54) is 0 Å². The molecule has 0 atom stereocenters. The summed E-state index contributed by atoms with van der Waals surface area (Å²) in [6.07, 6.45) is 0. The van der Waals surface area contributed by atoms with Gasteiger partial charge < -0.3 is 0 Å². The zero-order valence-corrected chi connectivity index (χ0v) is 9.05. The number of hydrogen-bond acceptors (Lipinski definition) is 0. The van der Waals surface area contributed by atoms with Gasteiger partial charge in [0.25, 0.3) is 0 Å². The summed E-state index contributed by atoms with van der Waals surface area (Å²) in [4.78, 5) is 0. The number of hydrogen-bond donors (Lipinski definition) is 0. The van der Waals surface area contributed by atoms with Gasteiger partial charge in [0.1, 0.15) is 0 Å². The van der Waals surface area contributed by atoms with Crippen molar-refractivity contribution in [1.29, 1.82) is 0 Å². The first-order valence-electron chi connectivity index (χ1n) is 0. The van der Waals surface area contributed by atoms with Crippen molar-refractivity contribution in [2.45, 2.75) is 0 Å². The largest absolute Gasteiger partial charge is 0 e. The summed E-state index contributed by atoms with van der Waals surface area (Å²) in [7, 11) is 0. The van der Waals surface area contributed by atoms with Crippen LogP contribution in [0.1, 0.15) is 0 Å². The molecule has 0 bridgehead atoms. The average Bonchev–Trinajstić information content (AvgIpc) is 0. The van der Waals surface area contributed by atoms with E-state index in [1.807, 2.05) is 0 Å². The van der Waals surface area contributed by atoms with E-state index in [-0.39, 0.29) is 86.9 Å². The van der Waals surface area contributed by atoms with E-state index in [0.29, 0.717) is 0 Å². The van der Waals surface area contributed by atoms with Gasteiger partial charge in [-0.25, -0.2) is 0 Å². The minimum absolute atomic E-state index is 0. The van der Waals surface area contributed by atoms with Crippen molar-refractivity contribution in [3.8, 4) is 0 Å². The summed E-state index contributed by atoms with van der Waals surface area (Å²) in [5.41, 5.74) is 0. The summed E-state index contributed by atoms with van der Waals surface area (Å²) in [5.74, 6) is 0. The van der Waals surface area contributed by atoms with Crippen molar-refractivity contribution in [2.24, 2.45) is 0 Å². The Morgan fingerprint density at radius 1 is 1.00 bits per heavy atom. The Labute approximate surface area is 85.8 Å². The van der Waals surface area contributed by atoms with Crippen LogP contribution in [0.25, 0.3) is 0 Å². The quantitative estimate of drug-likeness (QED) is 0.552. The molecule has 0 aromatic rings. The molecule has 0 spiro atoms. The van der Waals surface area contributed by atoms with Crippen LogP contribution in [0.5, 0.6) is 0 Å². The predicted molar refractivity (Wildman–Crippen MR) is 0 cm³/mol. The molecule has 0 rings (SSSR count). The molecule has 0 aliphatic heterocycles. The van der Waals surface area contributed by atoms with E-state index in [0.717, 1.165) is 0 Å². The minimum Gasteiger partial charge on any atom is 0 e. The SMILES string of the molecule is [Co].[Cu].[Fe].[Ni].[Zn]. The van der Waals surface area contributed by atoms with Crippen molar-refractivity contribution < 1.29 is 86.9 Å². The van der Waals surface area contributed by atoms with Gasteiger partial charge in [0.05, 0.1) is 0 Å². The molecule has 0 aromatic heterocycles. The van der Waals surface area contributed by atoms with Crippen LogP contribution in [0.15, 0.2) is 0 Å². The second-order valence-corrected chi connectivity index (χ2v) is 0. The molecule has 0 saturated carbocycles. The Bertz CT molecular complexity index is 11.6. The van der Waals surface area contributed by atoms with Gasteiger partial charge in [-0.05, 0) is 0 Å². The van der Waals surface area contributed by atoms with E-state index in [4.69, 9.17) is 0 Å². The van der Waals surface area contributed by atoms with Gasteiger partial charge in [-0.2, -0.15) is 0 Å². The van der Waals surface area contributed by atoms with E-state index in [1.54, 1.807) is 0 Å². The Balaban J connectivity index is 0. The third-order valence-corrected chi connectivity index (χ3v) is 0. The van der Waals surface area contributed by atoms with Crippen molar-refractivity contribution in [2.75, 3.05) is 0 Å². The van der Waals surface area contributed by atoms with Crippen molar-refractivity contribution in [3.63, 3.8) is 0 Å². The Hall–Kier alpha value is 2.66. The van der Waals surface area contributed by atoms with Gasteiger partial charge in [0.15, 0.2) is 0 Å². The summed E-state index contributed by atoms with van der Waals surface area (Å²) in [6, 6.07) is 0. The van der Waals surface area contributed by atoms with Gasteiger partial charge in [-0.3, -0.25) is 0 Å². The molecule has 2 radical (unpaired) electrons. The van der Waals surface area contributed by atoms with Gasteiger partial charge in [-0.15, -0.1) is 0 Å². The molecule has 0 heterocycles. The van der Waals surface area contributed by atoms with Crippen LogP contribution in [0.4, 0.5) is 0 Å². The fraction of sp³-hybridized carbons (Fsp3) is 0. The summed E-state index contributed by atoms with van der Waals surface area (Å²) in [5, 5.41) is 0. The molecule has 5 heteroatoms. The average molecular weight is 302 g/mol. The van der Waals surface area contributed by atoms with E-state index < -0.39 is 0 Å². The number of rotatable bonds is 0. The smallest absolute Gasteiger partial charge is 0 e. The molecule has 0 unspecified atom stereocenters. The molecular formula is CoCuFeNiZn. The molecule has 0 fully saturated rings. The zero-order chi connectivity index (χ0) is 0. The third kappa shape index (κ3) is 20.4. The monoisotopic (exact) mass is 300 g/mol. The van der Waals surface area contributed by atoms with Crippen LogP contribution in [0.3, 0.4) is 0 Å². The van der Waals surface area contributed by atoms with Gasteiger partial charge in [0, 0.05) is 86.9 Å². The van der Waals surface area contributed by atoms with E-state index in [2.05, 4.69) is 0 Å². The maximum atomic E-state index is 0. The summed E-state index contributed by atoms with van der Waals surface area (Å²) in [6.45, 7) is 0. The molecule has 0 aliphatic carbocycles. The first-order chi connectivity index (χ1) is 0. The molecule has 40 valence electrons. The van der Waals surface area contributed by atoms with Gasteiger partial charge >= 0.3 is 0 Å². The van der Waals surface area contributed by atoms with Crippen LogP contribution in [-0.2, 0) is 86.9 Å². The predicted octanol–water partition coefficient (Wildman–Crippen LogP) is -0.0125. The van der Waals surface area contributed by atoms with E-state index in [9.17, 15) is 0 Å². The molecule has 0 saturated heterocycles. The molecule has 5 heavy (non-hydrogen) atoms. The molecule has 0 N–H and O–H groups in total. The van der Waals surface area contributed by atoms with Crippen LogP contribution < -0.4 is 0 Å². The maximum Gasteiger partial charge on any atom is 0 e. The first kappa shape index (κ1) is 48.0. The Kier molecular flexibility index (Phi) is 289. The third-order valence-electron chi connectivity index (χ3n) is 0. The van der Waals surface area contributed by atoms with Gasteiger partial charge in [-0.1, -0.05) is 0 Å². The first-order valence-corrected chi connectivity index (χ1v) is 0. The molecule has 0 aliphatic rings. The second-order valence-electron chi connectivity index (χ2n) is 0. The second kappa shape index (κ2) is 30.1. The Morgan fingerprint density at radius 3 is 1.00 bits per heavy atom. The molecule has 0 amide bonds. The summed E-state index contributed by atoms with van der Waals surface area (Å²) < 4.78 is 0. The topological polar surface area (TPSA) is 0 Å². The fourth-order valence-electron chi connectivity index (χ4n) is 0. The molecule has 0 nitrogen and oxygen atoms in total. The Morgan fingerprint density at radius 2 is 1.00 bits per heavy atom. The van der Waals surface area contributed by atoms with E-state index >= 15 is 0 Å². The normalized spacial score (nSPS) is 0. The van der Waals surface area contributed by atoms with Gasteiger partial charge in [0.2, 0.25) is 0 Å². The van der Waals surface area contributed by atoms with Crippen molar-refractivity contribution in [3.05, 3.63) is 0 Å². The van der Waals surface area contributed by atoms with Crippen molar-refractivity contribution in [1.82, 2.24) is 0 Å². The maximum absolute atomic E-state index is 0. The molecule has 0 aromatic carbocycles. The minimum atomic E-state index is 0. The van der Waals surface area contributed by atoms with Crippen LogP contribution in [-0.4, -0.2) is 0 Å². The fourth-order valence-corrected chi connectivity index (χ4v) is 0. The van der Waals surface area contributed by atoms with Crippen molar-refractivity contribution >= 4 is 0 Å². The molecular weight excluding hydrogens is 302 g/mol. The van der Waals surface area contributed by atoms with Crippen LogP contribution >= 0.6 is 0 Å². The standard InChI is InChI=1S/Co.Cu.Fe.Ni.Zn. The van der Waals surface area contributed by atoms with Crippen LogP contribution in [0.2, 0.25) is 0 Å².